The highest BCUT2D eigenvalue weighted by atomic mass is 35.5. The van der Waals surface area contributed by atoms with Crippen molar-refractivity contribution in [2.24, 2.45) is 0 Å². The smallest absolute Gasteiger partial charge is 0.0644 e. The average Bonchev–Trinajstić information content (AvgIpc) is 2.84. The summed E-state index contributed by atoms with van der Waals surface area (Å²) >= 11 is 5.97. The quantitative estimate of drug-likeness (QED) is 0.901. The fourth-order valence-electron chi connectivity index (χ4n) is 3.31. The van der Waals surface area contributed by atoms with Crippen LogP contribution in [0.15, 0.2) is 24.3 Å². The Balaban J connectivity index is 1.60. The number of halogens is 1. The Kier molecular flexibility index (Phi) is 5.43. The fraction of sp³-hybridized carbons (Fsp3) is 0.500. The van der Waals surface area contributed by atoms with Crippen molar-refractivity contribution in [2.75, 3.05) is 37.7 Å². The van der Waals surface area contributed by atoms with Crippen LogP contribution in [-0.4, -0.2) is 52.6 Å². The summed E-state index contributed by atoms with van der Waals surface area (Å²) in [5.41, 5.74) is 4.77. The standard InChI is InChI=1S/C18H25ClN4O/c1-14-18(15(2)23(20-14)11-12-24)13-21-7-9-22(10-8-21)17-5-3-16(19)4-6-17/h3-6,24H,7-13H2,1-2H3. The van der Waals surface area contributed by atoms with Crippen molar-refractivity contribution in [3.8, 4) is 0 Å². The molecule has 2 heterocycles. The molecular weight excluding hydrogens is 324 g/mol. The third-order valence-corrected chi connectivity index (χ3v) is 5.04. The van der Waals surface area contributed by atoms with E-state index in [0.29, 0.717) is 6.54 Å². The van der Waals surface area contributed by atoms with Crippen molar-refractivity contribution >= 4 is 17.3 Å². The second kappa shape index (κ2) is 7.55. The maximum Gasteiger partial charge on any atom is 0.0644 e. The first-order valence-corrected chi connectivity index (χ1v) is 8.83. The molecule has 24 heavy (non-hydrogen) atoms. The van der Waals surface area contributed by atoms with Crippen molar-refractivity contribution in [1.82, 2.24) is 14.7 Å². The maximum absolute atomic E-state index is 9.14. The molecule has 0 spiro atoms. The van der Waals surface area contributed by atoms with E-state index in [1.807, 2.05) is 16.8 Å². The lowest BCUT2D eigenvalue weighted by molar-refractivity contribution is 0.248. The van der Waals surface area contributed by atoms with E-state index in [4.69, 9.17) is 16.7 Å². The molecule has 1 aliphatic rings. The molecule has 1 saturated heterocycles. The normalized spacial score (nSPS) is 15.9. The summed E-state index contributed by atoms with van der Waals surface area (Å²) in [6.45, 7) is 9.87. The van der Waals surface area contributed by atoms with Crippen molar-refractivity contribution in [1.29, 1.82) is 0 Å². The number of aliphatic hydroxyl groups is 1. The van der Waals surface area contributed by atoms with Gasteiger partial charge in [0.1, 0.15) is 0 Å². The Morgan fingerprint density at radius 2 is 1.75 bits per heavy atom. The minimum absolute atomic E-state index is 0.126. The molecule has 0 bridgehead atoms. The van der Waals surface area contributed by atoms with Crippen LogP contribution in [0.4, 0.5) is 5.69 Å². The molecule has 130 valence electrons. The molecule has 0 radical (unpaired) electrons. The van der Waals surface area contributed by atoms with Crippen LogP contribution in [0.5, 0.6) is 0 Å². The van der Waals surface area contributed by atoms with Crippen molar-refractivity contribution in [3.63, 3.8) is 0 Å². The number of aryl methyl sites for hydroxylation is 1. The van der Waals surface area contributed by atoms with E-state index in [1.165, 1.54) is 16.9 Å². The van der Waals surface area contributed by atoms with Crippen LogP contribution in [0, 0.1) is 13.8 Å². The molecule has 1 aromatic heterocycles. The van der Waals surface area contributed by atoms with Gasteiger partial charge < -0.3 is 10.0 Å². The number of benzene rings is 1. The Hall–Kier alpha value is -1.56. The number of aromatic nitrogens is 2. The van der Waals surface area contributed by atoms with Gasteiger partial charge in [-0.2, -0.15) is 5.10 Å². The molecule has 1 aliphatic heterocycles. The molecule has 0 aliphatic carbocycles. The van der Waals surface area contributed by atoms with Gasteiger partial charge in [0.2, 0.25) is 0 Å². The zero-order valence-corrected chi connectivity index (χ0v) is 15.1. The predicted molar refractivity (Wildman–Crippen MR) is 97.7 cm³/mol. The molecule has 0 atom stereocenters. The van der Waals surface area contributed by atoms with Gasteiger partial charge in [-0.25, -0.2) is 0 Å². The van der Waals surface area contributed by atoms with E-state index in [0.717, 1.165) is 43.4 Å². The highest BCUT2D eigenvalue weighted by Crippen LogP contribution is 2.21. The second-order valence-corrected chi connectivity index (χ2v) is 6.77. The number of hydrogen-bond acceptors (Lipinski definition) is 4. The molecule has 6 heteroatoms. The van der Waals surface area contributed by atoms with E-state index in [-0.39, 0.29) is 6.61 Å². The molecule has 0 saturated carbocycles. The number of piperazine rings is 1. The molecule has 1 aromatic carbocycles. The molecule has 3 rings (SSSR count). The van der Waals surface area contributed by atoms with Gasteiger partial charge in [-0.3, -0.25) is 9.58 Å². The molecule has 0 amide bonds. The zero-order valence-electron chi connectivity index (χ0n) is 14.4. The minimum Gasteiger partial charge on any atom is -0.394 e. The lowest BCUT2D eigenvalue weighted by atomic mass is 10.1. The van der Waals surface area contributed by atoms with Gasteiger partial charge in [0.05, 0.1) is 18.8 Å². The fourth-order valence-corrected chi connectivity index (χ4v) is 3.44. The largest absolute Gasteiger partial charge is 0.394 e. The molecule has 5 nitrogen and oxygen atoms in total. The van der Waals surface area contributed by atoms with Gasteiger partial charge >= 0.3 is 0 Å². The first kappa shape index (κ1) is 17.3. The van der Waals surface area contributed by atoms with Gasteiger partial charge in [-0.05, 0) is 38.1 Å². The first-order chi connectivity index (χ1) is 11.6. The van der Waals surface area contributed by atoms with Gasteiger partial charge in [-0.1, -0.05) is 11.6 Å². The third-order valence-electron chi connectivity index (χ3n) is 4.79. The lowest BCUT2D eigenvalue weighted by Gasteiger charge is -2.36. The number of rotatable bonds is 5. The lowest BCUT2D eigenvalue weighted by Crippen LogP contribution is -2.46. The predicted octanol–water partition coefficient (Wildman–Crippen LogP) is 2.47. The van der Waals surface area contributed by atoms with Crippen molar-refractivity contribution in [3.05, 3.63) is 46.2 Å². The molecule has 1 fully saturated rings. The topological polar surface area (TPSA) is 44.5 Å². The number of hydrogen-bond donors (Lipinski definition) is 1. The van der Waals surface area contributed by atoms with E-state index < -0.39 is 0 Å². The van der Waals surface area contributed by atoms with Gasteiger partial charge in [0, 0.05) is 54.7 Å². The first-order valence-electron chi connectivity index (χ1n) is 8.45. The molecule has 1 N–H and O–H groups in total. The van der Waals surface area contributed by atoms with Crippen LogP contribution in [0.3, 0.4) is 0 Å². The van der Waals surface area contributed by atoms with Crippen LogP contribution >= 0.6 is 11.6 Å². The summed E-state index contributed by atoms with van der Waals surface area (Å²) in [7, 11) is 0. The second-order valence-electron chi connectivity index (χ2n) is 6.34. The highest BCUT2D eigenvalue weighted by Gasteiger charge is 2.20. The highest BCUT2D eigenvalue weighted by molar-refractivity contribution is 6.30. The number of aliphatic hydroxyl groups excluding tert-OH is 1. The molecule has 2 aromatic rings. The average molecular weight is 349 g/mol. The van der Waals surface area contributed by atoms with Crippen LogP contribution in [0.25, 0.3) is 0 Å². The molecular formula is C18H25ClN4O. The van der Waals surface area contributed by atoms with Gasteiger partial charge in [0.25, 0.3) is 0 Å². The van der Waals surface area contributed by atoms with E-state index in [1.54, 1.807) is 0 Å². The van der Waals surface area contributed by atoms with E-state index in [2.05, 4.69) is 40.9 Å². The Bertz CT molecular complexity index is 675. The van der Waals surface area contributed by atoms with Crippen LogP contribution in [0.1, 0.15) is 17.0 Å². The Labute approximate surface area is 148 Å². The third kappa shape index (κ3) is 3.74. The van der Waals surface area contributed by atoms with Crippen LogP contribution < -0.4 is 4.90 Å². The van der Waals surface area contributed by atoms with Crippen molar-refractivity contribution < 1.29 is 5.11 Å². The van der Waals surface area contributed by atoms with Crippen molar-refractivity contribution in [2.45, 2.75) is 26.9 Å². The van der Waals surface area contributed by atoms with Crippen LogP contribution in [0.2, 0.25) is 5.02 Å². The number of nitrogens with zero attached hydrogens (tertiary/aromatic N) is 4. The summed E-state index contributed by atoms with van der Waals surface area (Å²) in [4.78, 5) is 4.88. The Morgan fingerprint density at radius 3 is 2.38 bits per heavy atom. The number of anilines is 1. The summed E-state index contributed by atoms with van der Waals surface area (Å²) in [6, 6.07) is 8.08. The summed E-state index contributed by atoms with van der Waals surface area (Å²) < 4.78 is 1.91. The Morgan fingerprint density at radius 1 is 1.08 bits per heavy atom. The van der Waals surface area contributed by atoms with E-state index in [9.17, 15) is 0 Å². The van der Waals surface area contributed by atoms with Gasteiger partial charge in [-0.15, -0.1) is 0 Å². The summed E-state index contributed by atoms with van der Waals surface area (Å²) in [5, 5.41) is 14.5. The van der Waals surface area contributed by atoms with Crippen LogP contribution in [-0.2, 0) is 13.1 Å². The monoisotopic (exact) mass is 348 g/mol. The maximum atomic E-state index is 9.14. The van der Waals surface area contributed by atoms with Gasteiger partial charge in [0.15, 0.2) is 0 Å². The van der Waals surface area contributed by atoms with E-state index >= 15 is 0 Å². The summed E-state index contributed by atoms with van der Waals surface area (Å²) in [5.74, 6) is 0. The zero-order chi connectivity index (χ0) is 17.1. The SMILES string of the molecule is Cc1nn(CCO)c(C)c1CN1CCN(c2ccc(Cl)cc2)CC1. The molecule has 0 unspecified atom stereocenters. The minimum atomic E-state index is 0.126. The summed E-state index contributed by atoms with van der Waals surface area (Å²) in [6.07, 6.45) is 0.